The predicted molar refractivity (Wildman–Crippen MR) is 109 cm³/mol. The number of hydrogen-bond donors (Lipinski definition) is 2. The first kappa shape index (κ1) is 26.1. The monoisotopic (exact) mass is 398 g/mol. The summed E-state index contributed by atoms with van der Waals surface area (Å²) >= 11 is 0. The summed E-state index contributed by atoms with van der Waals surface area (Å²) in [5, 5.41) is 17.4. The Balaban J connectivity index is 0.000000540. The molecule has 2 N–H and O–H groups in total. The Kier molecular flexibility index (Phi) is 14.1. The van der Waals surface area contributed by atoms with Gasteiger partial charge in [-0.1, -0.05) is 65.9 Å². The van der Waals surface area contributed by atoms with Crippen LogP contribution in [0.3, 0.4) is 0 Å². The van der Waals surface area contributed by atoms with Gasteiger partial charge in [-0.2, -0.15) is 0 Å². The number of unbranched alkanes of at least 4 members (excludes halogenated alkanes) is 3. The molecule has 0 spiro atoms. The third kappa shape index (κ3) is 11.1. The summed E-state index contributed by atoms with van der Waals surface area (Å²) in [6, 6.07) is 0. The highest BCUT2D eigenvalue weighted by Gasteiger charge is 2.35. The molecule has 28 heavy (non-hydrogen) atoms. The Morgan fingerprint density at radius 2 is 1.50 bits per heavy atom. The SMILES string of the molecule is CCCCCCOC(=O)C(=CC(C)C)CC.O=C(O)C1CCCCC1C(=O)O. The molecular formula is C22H38O6. The third-order valence-corrected chi connectivity index (χ3v) is 4.81. The fourth-order valence-corrected chi connectivity index (χ4v) is 3.24. The molecule has 1 fully saturated rings. The summed E-state index contributed by atoms with van der Waals surface area (Å²) in [5.41, 5.74) is 0.811. The molecule has 0 aromatic heterocycles. The van der Waals surface area contributed by atoms with E-state index in [4.69, 9.17) is 14.9 Å². The zero-order valence-corrected chi connectivity index (χ0v) is 17.9. The lowest BCUT2D eigenvalue weighted by Gasteiger charge is -2.24. The van der Waals surface area contributed by atoms with E-state index in [1.165, 1.54) is 12.8 Å². The first-order valence-corrected chi connectivity index (χ1v) is 10.6. The molecule has 0 heterocycles. The quantitative estimate of drug-likeness (QED) is 0.303. The van der Waals surface area contributed by atoms with Crippen LogP contribution in [0, 0.1) is 17.8 Å². The van der Waals surface area contributed by atoms with Crippen LogP contribution in [0.25, 0.3) is 0 Å². The third-order valence-electron chi connectivity index (χ3n) is 4.81. The molecule has 1 saturated carbocycles. The smallest absolute Gasteiger partial charge is 0.333 e. The largest absolute Gasteiger partial charge is 0.481 e. The molecule has 2 unspecified atom stereocenters. The standard InChI is InChI=1S/C14H26O2.C8H12O4/c1-5-7-8-9-10-16-14(15)13(6-2)11-12(3)4;9-7(10)5-3-1-2-4-6(5)8(11)12/h11-12H,5-10H2,1-4H3;5-6H,1-4H2,(H,9,10)(H,11,12). The van der Waals surface area contributed by atoms with E-state index in [0.29, 0.717) is 25.4 Å². The first-order valence-electron chi connectivity index (χ1n) is 10.6. The molecule has 1 aliphatic carbocycles. The van der Waals surface area contributed by atoms with Crippen LogP contribution >= 0.6 is 0 Å². The van der Waals surface area contributed by atoms with Crippen LogP contribution in [0.4, 0.5) is 0 Å². The Hall–Kier alpha value is -1.85. The molecule has 1 aliphatic rings. The van der Waals surface area contributed by atoms with Gasteiger partial charge in [-0.05, 0) is 31.6 Å². The Bertz CT molecular complexity index is 487. The van der Waals surface area contributed by atoms with Gasteiger partial charge in [0.25, 0.3) is 0 Å². The molecule has 6 nitrogen and oxygen atoms in total. The number of carbonyl (C=O) groups is 3. The normalized spacial score (nSPS) is 19.5. The Morgan fingerprint density at radius 3 is 1.89 bits per heavy atom. The van der Waals surface area contributed by atoms with Crippen LogP contribution in [-0.2, 0) is 19.1 Å². The molecule has 162 valence electrons. The summed E-state index contributed by atoms with van der Waals surface area (Å²) < 4.78 is 5.24. The molecule has 0 aromatic carbocycles. The number of ether oxygens (including phenoxy) is 1. The van der Waals surface area contributed by atoms with E-state index in [9.17, 15) is 14.4 Å². The molecule has 0 radical (unpaired) electrons. The number of rotatable bonds is 10. The van der Waals surface area contributed by atoms with Crippen LogP contribution in [0.5, 0.6) is 0 Å². The van der Waals surface area contributed by atoms with Crippen LogP contribution in [0.15, 0.2) is 11.6 Å². The maximum atomic E-state index is 11.7. The molecule has 2 atom stereocenters. The minimum Gasteiger partial charge on any atom is -0.481 e. The Morgan fingerprint density at radius 1 is 0.964 bits per heavy atom. The summed E-state index contributed by atoms with van der Waals surface area (Å²) in [4.78, 5) is 32.9. The number of carboxylic acid groups (broad SMARTS) is 2. The lowest BCUT2D eigenvalue weighted by atomic mass is 9.79. The van der Waals surface area contributed by atoms with Gasteiger partial charge in [0.2, 0.25) is 0 Å². The molecule has 0 bridgehead atoms. The summed E-state index contributed by atoms with van der Waals surface area (Å²) in [6.07, 6.45) is 10.00. The number of carboxylic acids is 2. The molecule has 0 aliphatic heterocycles. The van der Waals surface area contributed by atoms with Crippen LogP contribution in [0.2, 0.25) is 0 Å². The van der Waals surface area contributed by atoms with E-state index in [2.05, 4.69) is 20.8 Å². The van der Waals surface area contributed by atoms with E-state index in [1.807, 2.05) is 13.0 Å². The van der Waals surface area contributed by atoms with E-state index < -0.39 is 23.8 Å². The second-order valence-electron chi connectivity index (χ2n) is 7.66. The molecule has 6 heteroatoms. The fourth-order valence-electron chi connectivity index (χ4n) is 3.24. The van der Waals surface area contributed by atoms with Crippen molar-refractivity contribution in [3.8, 4) is 0 Å². The average molecular weight is 399 g/mol. The molecule has 0 amide bonds. The lowest BCUT2D eigenvalue weighted by Crippen LogP contribution is -2.32. The van der Waals surface area contributed by atoms with Crippen molar-refractivity contribution in [2.75, 3.05) is 6.61 Å². The average Bonchev–Trinajstić information content (AvgIpc) is 2.66. The fraction of sp³-hybridized carbons (Fsp3) is 0.773. The second kappa shape index (κ2) is 15.1. The van der Waals surface area contributed by atoms with Gasteiger partial charge < -0.3 is 14.9 Å². The highest BCUT2D eigenvalue weighted by atomic mass is 16.5. The van der Waals surface area contributed by atoms with Gasteiger partial charge in [-0.15, -0.1) is 0 Å². The van der Waals surface area contributed by atoms with Crippen molar-refractivity contribution in [2.24, 2.45) is 17.8 Å². The molecule has 0 saturated heterocycles. The van der Waals surface area contributed by atoms with Crippen LogP contribution in [-0.4, -0.2) is 34.7 Å². The molecular weight excluding hydrogens is 360 g/mol. The number of esters is 1. The van der Waals surface area contributed by atoms with Gasteiger partial charge in [0, 0.05) is 5.57 Å². The highest BCUT2D eigenvalue weighted by molar-refractivity contribution is 5.88. The molecule has 0 aromatic rings. The van der Waals surface area contributed by atoms with Gasteiger partial charge in [-0.3, -0.25) is 9.59 Å². The Labute approximate surface area is 169 Å². The summed E-state index contributed by atoms with van der Waals surface area (Å²) in [7, 11) is 0. The number of allylic oxidation sites excluding steroid dienone is 1. The van der Waals surface area contributed by atoms with Gasteiger partial charge in [0.05, 0.1) is 18.4 Å². The zero-order valence-electron chi connectivity index (χ0n) is 17.9. The summed E-state index contributed by atoms with van der Waals surface area (Å²) in [6.45, 7) is 8.88. The van der Waals surface area contributed by atoms with Crippen molar-refractivity contribution in [1.29, 1.82) is 0 Å². The number of aliphatic carboxylic acids is 2. The predicted octanol–water partition coefficient (Wildman–Crippen LogP) is 5.06. The topological polar surface area (TPSA) is 101 Å². The van der Waals surface area contributed by atoms with Gasteiger partial charge in [0.1, 0.15) is 0 Å². The van der Waals surface area contributed by atoms with Crippen molar-refractivity contribution in [3.63, 3.8) is 0 Å². The number of carbonyl (C=O) groups excluding carboxylic acids is 1. The van der Waals surface area contributed by atoms with Crippen LogP contribution < -0.4 is 0 Å². The zero-order chi connectivity index (χ0) is 21.5. The maximum absolute atomic E-state index is 11.7. The summed E-state index contributed by atoms with van der Waals surface area (Å²) in [5.74, 6) is -3.01. The highest BCUT2D eigenvalue weighted by Crippen LogP contribution is 2.30. The van der Waals surface area contributed by atoms with E-state index in [0.717, 1.165) is 37.7 Å². The van der Waals surface area contributed by atoms with E-state index in [1.54, 1.807) is 0 Å². The van der Waals surface area contributed by atoms with Gasteiger partial charge in [0.15, 0.2) is 0 Å². The first-order chi connectivity index (χ1) is 13.2. The van der Waals surface area contributed by atoms with Crippen molar-refractivity contribution >= 4 is 17.9 Å². The van der Waals surface area contributed by atoms with Crippen LogP contribution in [0.1, 0.15) is 85.5 Å². The van der Waals surface area contributed by atoms with Gasteiger partial charge in [-0.25, -0.2) is 4.79 Å². The molecule has 1 rings (SSSR count). The minimum absolute atomic E-state index is 0.132. The minimum atomic E-state index is -0.970. The second-order valence-corrected chi connectivity index (χ2v) is 7.66. The van der Waals surface area contributed by atoms with Crippen molar-refractivity contribution in [1.82, 2.24) is 0 Å². The van der Waals surface area contributed by atoms with Crippen molar-refractivity contribution in [2.45, 2.75) is 85.5 Å². The van der Waals surface area contributed by atoms with Crippen molar-refractivity contribution in [3.05, 3.63) is 11.6 Å². The lowest BCUT2D eigenvalue weighted by molar-refractivity contribution is -0.155. The van der Waals surface area contributed by atoms with E-state index >= 15 is 0 Å². The van der Waals surface area contributed by atoms with E-state index in [-0.39, 0.29) is 5.97 Å². The van der Waals surface area contributed by atoms with Gasteiger partial charge >= 0.3 is 17.9 Å². The number of hydrogen-bond acceptors (Lipinski definition) is 4. The van der Waals surface area contributed by atoms with Crippen molar-refractivity contribution < 1.29 is 29.3 Å². The maximum Gasteiger partial charge on any atom is 0.333 e.